The van der Waals surface area contributed by atoms with Crippen LogP contribution in [0, 0.1) is 24.7 Å². The smallest absolute Gasteiger partial charge is 0.296 e. The minimum atomic E-state index is -3.66. The highest BCUT2D eigenvalue weighted by Crippen LogP contribution is 2.50. The van der Waals surface area contributed by atoms with Crippen LogP contribution in [-0.4, -0.2) is 38.1 Å². The van der Waals surface area contributed by atoms with E-state index < -0.39 is 10.1 Å². The van der Waals surface area contributed by atoms with E-state index in [9.17, 15) is 8.42 Å². The molecule has 1 aromatic carbocycles. The monoisotopic (exact) mass is 435 g/mol. The van der Waals surface area contributed by atoms with Gasteiger partial charge in [0, 0.05) is 13.1 Å². The van der Waals surface area contributed by atoms with Crippen LogP contribution in [0.5, 0.6) is 0 Å². The molecule has 0 N–H and O–H groups in total. The summed E-state index contributed by atoms with van der Waals surface area (Å²) < 4.78 is 29.8. The summed E-state index contributed by atoms with van der Waals surface area (Å²) in [5.41, 5.74) is 1.03. The summed E-state index contributed by atoms with van der Waals surface area (Å²) in [5.74, 6) is 2.70. The Bertz CT molecular complexity index is 927. The van der Waals surface area contributed by atoms with Crippen molar-refractivity contribution in [1.82, 2.24) is 9.97 Å². The number of aromatic nitrogens is 2. The van der Waals surface area contributed by atoms with Crippen molar-refractivity contribution in [2.24, 2.45) is 17.8 Å². The van der Waals surface area contributed by atoms with Gasteiger partial charge in [-0.3, -0.25) is 4.18 Å². The summed E-state index contributed by atoms with van der Waals surface area (Å²) in [5, 5.41) is 0.552. The van der Waals surface area contributed by atoms with Gasteiger partial charge in [0.2, 0.25) is 5.95 Å². The fraction of sp³-hybridized carbons (Fsp3) is 0.524. The quantitative estimate of drug-likeness (QED) is 0.610. The zero-order valence-corrected chi connectivity index (χ0v) is 18.1. The first-order valence-corrected chi connectivity index (χ1v) is 11.9. The molecular formula is C21H26ClN3O3S. The number of hydrogen-bond donors (Lipinski definition) is 0. The highest BCUT2D eigenvalue weighted by Gasteiger charge is 2.43. The van der Waals surface area contributed by atoms with Gasteiger partial charge in [-0.05, 0) is 62.5 Å². The summed E-state index contributed by atoms with van der Waals surface area (Å²) >= 11 is 5.86. The fourth-order valence-electron chi connectivity index (χ4n) is 4.26. The van der Waals surface area contributed by atoms with Crippen LogP contribution in [0.4, 0.5) is 5.95 Å². The molecule has 0 bridgehead atoms. The Kier molecular flexibility index (Phi) is 6.08. The summed E-state index contributed by atoms with van der Waals surface area (Å²) in [6, 6.07) is 6.77. The molecule has 1 saturated carbocycles. The standard InChI is InChI=1S/C21H26ClN3O3S/c1-15-2-4-19(5-3-15)29(26,27)28-11-8-17-12-20(17)16-6-9-25(10-7-16)21-23-13-18(22)14-24-21/h2-5,13-14,16-17,20H,6-12H2,1H3/t17-,20+/m0/s1. The van der Waals surface area contributed by atoms with E-state index in [-0.39, 0.29) is 11.5 Å². The Hall–Kier alpha value is -1.70. The largest absolute Gasteiger partial charge is 0.341 e. The van der Waals surface area contributed by atoms with Gasteiger partial charge in [-0.15, -0.1) is 0 Å². The van der Waals surface area contributed by atoms with E-state index in [1.54, 1.807) is 36.7 Å². The Morgan fingerprint density at radius 3 is 2.45 bits per heavy atom. The number of anilines is 1. The molecule has 0 spiro atoms. The van der Waals surface area contributed by atoms with Crippen molar-refractivity contribution in [3.63, 3.8) is 0 Å². The van der Waals surface area contributed by atoms with Crippen LogP contribution < -0.4 is 4.90 Å². The van der Waals surface area contributed by atoms with E-state index >= 15 is 0 Å². The van der Waals surface area contributed by atoms with Crippen LogP contribution in [0.1, 0.15) is 31.2 Å². The van der Waals surface area contributed by atoms with Crippen LogP contribution in [0.15, 0.2) is 41.6 Å². The molecular weight excluding hydrogens is 410 g/mol. The summed E-state index contributed by atoms with van der Waals surface area (Å²) in [7, 11) is -3.66. The number of halogens is 1. The van der Waals surface area contributed by atoms with Gasteiger partial charge < -0.3 is 4.90 Å². The molecule has 1 aromatic heterocycles. The van der Waals surface area contributed by atoms with Crippen LogP contribution in [-0.2, 0) is 14.3 Å². The van der Waals surface area contributed by atoms with E-state index in [4.69, 9.17) is 15.8 Å². The Balaban J connectivity index is 1.20. The second kappa shape index (κ2) is 8.58. The highest BCUT2D eigenvalue weighted by molar-refractivity contribution is 7.86. The highest BCUT2D eigenvalue weighted by atomic mass is 35.5. The second-order valence-electron chi connectivity index (χ2n) is 8.06. The molecule has 6 nitrogen and oxygen atoms in total. The van der Waals surface area contributed by atoms with Crippen molar-refractivity contribution in [3.8, 4) is 0 Å². The number of benzene rings is 1. The van der Waals surface area contributed by atoms with Gasteiger partial charge in [-0.2, -0.15) is 8.42 Å². The molecule has 0 unspecified atom stereocenters. The van der Waals surface area contributed by atoms with E-state index in [2.05, 4.69) is 14.9 Å². The SMILES string of the molecule is Cc1ccc(S(=O)(=O)OCC[C@H]2C[C@@H]2C2CCN(c3ncc(Cl)cn3)CC2)cc1. The second-order valence-corrected chi connectivity index (χ2v) is 10.1. The number of aryl methyl sites for hydroxylation is 1. The molecule has 2 atom stereocenters. The van der Waals surface area contributed by atoms with Crippen LogP contribution in [0.2, 0.25) is 5.02 Å². The van der Waals surface area contributed by atoms with Crippen molar-refractivity contribution in [2.45, 2.75) is 37.5 Å². The van der Waals surface area contributed by atoms with Crippen molar-refractivity contribution >= 4 is 27.7 Å². The van der Waals surface area contributed by atoms with Crippen LogP contribution in [0.3, 0.4) is 0 Å². The minimum Gasteiger partial charge on any atom is -0.341 e. The molecule has 4 rings (SSSR count). The molecule has 2 fully saturated rings. The zero-order valence-electron chi connectivity index (χ0n) is 16.5. The molecule has 2 aliphatic rings. The van der Waals surface area contributed by atoms with Crippen molar-refractivity contribution in [2.75, 3.05) is 24.6 Å². The third kappa shape index (κ3) is 5.08. The maximum Gasteiger partial charge on any atom is 0.296 e. The van der Waals surface area contributed by atoms with Crippen LogP contribution in [0.25, 0.3) is 0 Å². The molecule has 2 heterocycles. The molecule has 0 amide bonds. The van der Waals surface area contributed by atoms with E-state index in [1.807, 2.05) is 6.92 Å². The number of piperidine rings is 1. The Labute approximate surface area is 177 Å². The summed E-state index contributed by atoms with van der Waals surface area (Å²) in [4.78, 5) is 11.0. The van der Waals surface area contributed by atoms with Crippen molar-refractivity contribution < 1.29 is 12.6 Å². The van der Waals surface area contributed by atoms with E-state index in [0.29, 0.717) is 22.8 Å². The zero-order chi connectivity index (χ0) is 20.4. The predicted molar refractivity (Wildman–Crippen MR) is 113 cm³/mol. The molecule has 0 radical (unpaired) electrons. The first-order valence-electron chi connectivity index (χ1n) is 10.1. The summed E-state index contributed by atoms with van der Waals surface area (Å²) in [6.07, 6.45) is 7.49. The fourth-order valence-corrected chi connectivity index (χ4v) is 5.28. The average molecular weight is 436 g/mol. The summed E-state index contributed by atoms with van der Waals surface area (Å²) in [6.45, 7) is 4.09. The molecule has 1 aliphatic carbocycles. The van der Waals surface area contributed by atoms with E-state index in [0.717, 1.165) is 43.9 Å². The first kappa shape index (κ1) is 20.6. The first-order chi connectivity index (χ1) is 13.9. The van der Waals surface area contributed by atoms with Gasteiger partial charge in [0.05, 0.1) is 28.9 Å². The lowest BCUT2D eigenvalue weighted by atomic mass is 9.90. The minimum absolute atomic E-state index is 0.229. The average Bonchev–Trinajstić information content (AvgIpc) is 3.48. The Morgan fingerprint density at radius 2 is 1.79 bits per heavy atom. The molecule has 1 aliphatic heterocycles. The lowest BCUT2D eigenvalue weighted by Gasteiger charge is -2.32. The lowest BCUT2D eigenvalue weighted by molar-refractivity contribution is 0.287. The number of rotatable bonds is 7. The molecule has 8 heteroatoms. The van der Waals surface area contributed by atoms with E-state index in [1.165, 1.54) is 6.42 Å². The van der Waals surface area contributed by atoms with Crippen LogP contribution >= 0.6 is 11.6 Å². The molecule has 1 saturated heterocycles. The van der Waals surface area contributed by atoms with Crippen molar-refractivity contribution in [3.05, 3.63) is 47.2 Å². The number of hydrogen-bond acceptors (Lipinski definition) is 6. The maximum absolute atomic E-state index is 12.3. The van der Waals surface area contributed by atoms with Crippen molar-refractivity contribution in [1.29, 1.82) is 0 Å². The molecule has 156 valence electrons. The molecule has 2 aromatic rings. The third-order valence-electron chi connectivity index (χ3n) is 6.05. The Morgan fingerprint density at radius 1 is 1.14 bits per heavy atom. The third-order valence-corrected chi connectivity index (χ3v) is 7.57. The molecule has 29 heavy (non-hydrogen) atoms. The van der Waals surface area contributed by atoms with Gasteiger partial charge in [-0.1, -0.05) is 29.3 Å². The normalized spacial score (nSPS) is 22.6. The van der Waals surface area contributed by atoms with Gasteiger partial charge in [-0.25, -0.2) is 9.97 Å². The van der Waals surface area contributed by atoms with Gasteiger partial charge in [0.1, 0.15) is 0 Å². The topological polar surface area (TPSA) is 72.4 Å². The van der Waals surface area contributed by atoms with Gasteiger partial charge >= 0.3 is 0 Å². The number of nitrogens with zero attached hydrogens (tertiary/aromatic N) is 3. The maximum atomic E-state index is 12.3. The van der Waals surface area contributed by atoms with Gasteiger partial charge in [0.15, 0.2) is 0 Å². The van der Waals surface area contributed by atoms with Gasteiger partial charge in [0.25, 0.3) is 10.1 Å². The lowest BCUT2D eigenvalue weighted by Crippen LogP contribution is -2.35. The predicted octanol–water partition coefficient (Wildman–Crippen LogP) is 4.09.